The van der Waals surface area contributed by atoms with Crippen molar-refractivity contribution in [3.05, 3.63) is 64.0 Å². The number of thiophene rings is 1. The molecule has 0 amide bonds. The summed E-state index contributed by atoms with van der Waals surface area (Å²) in [6.07, 6.45) is 0. The van der Waals surface area contributed by atoms with E-state index >= 15 is 0 Å². The molecule has 4 aromatic rings. The minimum atomic E-state index is 0.596. The molecule has 0 aliphatic carbocycles. The largest absolute Gasteiger partial charge is 0.235 e. The highest BCUT2D eigenvalue weighted by molar-refractivity contribution is 8.19. The molecule has 2 aromatic heterocycles. The zero-order valence-corrected chi connectivity index (χ0v) is 18.6. The van der Waals surface area contributed by atoms with Crippen LogP contribution in [0.15, 0.2) is 47.8 Å². The van der Waals surface area contributed by atoms with Crippen LogP contribution in [0.1, 0.15) is 15.7 Å². The van der Waals surface area contributed by atoms with Gasteiger partial charge in [-0.05, 0) is 41.6 Å². The molecule has 5 rings (SSSR count). The third kappa shape index (κ3) is 3.45. The van der Waals surface area contributed by atoms with Crippen molar-refractivity contribution in [1.29, 1.82) is 0 Å². The van der Waals surface area contributed by atoms with Crippen molar-refractivity contribution in [2.24, 2.45) is 0 Å². The molecule has 6 heteroatoms. The molecular weight excluding hydrogens is 430 g/mol. The Kier molecular flexibility index (Phi) is 4.99. The summed E-state index contributed by atoms with van der Waals surface area (Å²) < 4.78 is 1.86. The molecule has 0 unspecified atom stereocenters. The number of hydrogen-bond donors (Lipinski definition) is 0. The fraction of sp³-hybridized carbons (Fsp3) is 0.190. The number of benzene rings is 2. The molecule has 0 atom stereocenters. The SMILES string of the molecule is Cc1c(-c2csc(-c3ccc(C4SCCS4)cc3)n2)sc2ccc(Cl)cc12. The van der Waals surface area contributed by atoms with Gasteiger partial charge in [-0.3, -0.25) is 0 Å². The molecule has 27 heavy (non-hydrogen) atoms. The van der Waals surface area contributed by atoms with E-state index in [2.05, 4.69) is 48.7 Å². The molecule has 1 aliphatic heterocycles. The Morgan fingerprint density at radius 3 is 2.59 bits per heavy atom. The number of aromatic nitrogens is 1. The van der Waals surface area contributed by atoms with Crippen LogP contribution >= 0.6 is 57.8 Å². The van der Waals surface area contributed by atoms with E-state index in [1.54, 1.807) is 22.7 Å². The van der Waals surface area contributed by atoms with E-state index < -0.39 is 0 Å². The first-order valence-electron chi connectivity index (χ1n) is 8.67. The summed E-state index contributed by atoms with van der Waals surface area (Å²) in [5, 5.41) is 5.27. The Morgan fingerprint density at radius 1 is 1.04 bits per heavy atom. The number of aryl methyl sites for hydroxylation is 1. The van der Waals surface area contributed by atoms with Gasteiger partial charge in [0.25, 0.3) is 0 Å². The first-order chi connectivity index (χ1) is 13.2. The minimum absolute atomic E-state index is 0.596. The number of fused-ring (bicyclic) bond motifs is 1. The van der Waals surface area contributed by atoms with Crippen LogP contribution in [0.25, 0.3) is 31.2 Å². The normalized spacial score (nSPS) is 15.0. The third-order valence-corrected chi connectivity index (χ3v) is 10.2. The average molecular weight is 446 g/mol. The standard InChI is InChI=1S/C21H16ClNS4/c1-12-16-10-15(22)6-7-18(16)27-19(12)17-11-26-20(23-17)13-2-4-14(5-3-13)21-24-8-9-25-21/h2-7,10-11,21H,8-9H2,1H3. The maximum Gasteiger partial charge on any atom is 0.124 e. The van der Waals surface area contributed by atoms with E-state index in [0.29, 0.717) is 4.58 Å². The van der Waals surface area contributed by atoms with Gasteiger partial charge in [-0.1, -0.05) is 35.9 Å². The summed E-state index contributed by atoms with van der Waals surface area (Å²) in [7, 11) is 0. The number of thioether (sulfide) groups is 2. The molecule has 2 aromatic carbocycles. The van der Waals surface area contributed by atoms with Crippen LogP contribution in [0.4, 0.5) is 0 Å². The van der Waals surface area contributed by atoms with E-state index in [1.807, 2.05) is 29.6 Å². The Labute approximate surface area is 180 Å². The lowest BCUT2D eigenvalue weighted by Gasteiger charge is -2.08. The fourth-order valence-corrected chi connectivity index (χ4v) is 8.36. The third-order valence-electron chi connectivity index (χ3n) is 4.69. The molecule has 0 radical (unpaired) electrons. The lowest BCUT2D eigenvalue weighted by atomic mass is 10.1. The molecule has 1 saturated heterocycles. The molecule has 0 spiro atoms. The van der Waals surface area contributed by atoms with Gasteiger partial charge in [0.1, 0.15) is 5.01 Å². The minimum Gasteiger partial charge on any atom is -0.235 e. The molecule has 1 aliphatic rings. The van der Waals surface area contributed by atoms with Crippen LogP contribution in [0.2, 0.25) is 5.02 Å². The predicted molar refractivity (Wildman–Crippen MR) is 126 cm³/mol. The Morgan fingerprint density at radius 2 is 1.81 bits per heavy atom. The number of nitrogens with zero attached hydrogens (tertiary/aromatic N) is 1. The Hall–Kier alpha value is -0.980. The van der Waals surface area contributed by atoms with Crippen molar-refractivity contribution in [1.82, 2.24) is 4.98 Å². The van der Waals surface area contributed by atoms with Gasteiger partial charge in [-0.25, -0.2) is 4.98 Å². The Balaban J connectivity index is 1.47. The topological polar surface area (TPSA) is 12.9 Å². The second kappa shape index (κ2) is 7.45. The maximum absolute atomic E-state index is 6.18. The van der Waals surface area contributed by atoms with Crippen LogP contribution in [-0.4, -0.2) is 16.5 Å². The van der Waals surface area contributed by atoms with Gasteiger partial charge >= 0.3 is 0 Å². The Bertz CT molecular complexity index is 1110. The lowest BCUT2D eigenvalue weighted by Crippen LogP contribution is -1.85. The van der Waals surface area contributed by atoms with Gasteiger partial charge < -0.3 is 0 Å². The lowest BCUT2D eigenvalue weighted by molar-refractivity contribution is 1.37. The van der Waals surface area contributed by atoms with Crippen molar-refractivity contribution >= 4 is 67.9 Å². The van der Waals surface area contributed by atoms with Crippen LogP contribution in [0.5, 0.6) is 0 Å². The molecule has 1 nitrogen and oxygen atoms in total. The van der Waals surface area contributed by atoms with Crippen molar-refractivity contribution in [2.45, 2.75) is 11.5 Å². The summed E-state index contributed by atoms with van der Waals surface area (Å²) in [5.74, 6) is 2.51. The van der Waals surface area contributed by atoms with Gasteiger partial charge in [0, 0.05) is 32.2 Å². The van der Waals surface area contributed by atoms with Crippen molar-refractivity contribution in [2.75, 3.05) is 11.5 Å². The van der Waals surface area contributed by atoms with Gasteiger partial charge in [-0.15, -0.1) is 46.2 Å². The number of rotatable bonds is 3. The summed E-state index contributed by atoms with van der Waals surface area (Å²) in [4.78, 5) is 6.18. The van der Waals surface area contributed by atoms with E-state index in [9.17, 15) is 0 Å². The van der Waals surface area contributed by atoms with Gasteiger partial charge in [0.2, 0.25) is 0 Å². The summed E-state index contributed by atoms with van der Waals surface area (Å²) in [6.45, 7) is 2.16. The van der Waals surface area contributed by atoms with E-state index in [1.165, 1.54) is 43.2 Å². The summed E-state index contributed by atoms with van der Waals surface area (Å²) >= 11 is 13.8. The quantitative estimate of drug-likeness (QED) is 0.316. The molecule has 0 bridgehead atoms. The molecule has 1 fully saturated rings. The molecule has 3 heterocycles. The van der Waals surface area contributed by atoms with Crippen molar-refractivity contribution < 1.29 is 0 Å². The molecule has 0 saturated carbocycles. The highest BCUT2D eigenvalue weighted by Crippen LogP contribution is 2.46. The second-order valence-electron chi connectivity index (χ2n) is 6.43. The van der Waals surface area contributed by atoms with Crippen LogP contribution < -0.4 is 0 Å². The number of hydrogen-bond acceptors (Lipinski definition) is 5. The van der Waals surface area contributed by atoms with Crippen molar-refractivity contribution in [3.8, 4) is 21.1 Å². The number of halogens is 1. The highest BCUT2D eigenvalue weighted by atomic mass is 35.5. The zero-order valence-electron chi connectivity index (χ0n) is 14.6. The predicted octanol–water partition coefficient (Wildman–Crippen LogP) is 8.13. The first kappa shape index (κ1) is 18.1. The van der Waals surface area contributed by atoms with E-state index in [-0.39, 0.29) is 0 Å². The van der Waals surface area contributed by atoms with Gasteiger partial charge in [-0.2, -0.15) is 0 Å². The first-order valence-corrected chi connectivity index (χ1v) is 12.8. The van der Waals surface area contributed by atoms with E-state index in [0.717, 1.165) is 15.7 Å². The summed E-state index contributed by atoms with van der Waals surface area (Å²) in [5.41, 5.74) is 4.95. The second-order valence-corrected chi connectivity index (χ2v) is 11.5. The monoisotopic (exact) mass is 445 g/mol. The van der Waals surface area contributed by atoms with Gasteiger partial charge in [0.15, 0.2) is 0 Å². The number of thiazole rings is 1. The maximum atomic E-state index is 6.18. The van der Waals surface area contributed by atoms with Crippen molar-refractivity contribution in [3.63, 3.8) is 0 Å². The summed E-state index contributed by atoms with van der Waals surface area (Å²) in [6, 6.07) is 15.1. The van der Waals surface area contributed by atoms with E-state index in [4.69, 9.17) is 16.6 Å². The highest BCUT2D eigenvalue weighted by Gasteiger charge is 2.19. The van der Waals surface area contributed by atoms with Crippen LogP contribution in [0, 0.1) is 6.92 Å². The average Bonchev–Trinajstić information content (AvgIpc) is 3.43. The smallest absolute Gasteiger partial charge is 0.124 e. The van der Waals surface area contributed by atoms with Crippen LogP contribution in [0.3, 0.4) is 0 Å². The zero-order chi connectivity index (χ0) is 18.4. The fourth-order valence-electron chi connectivity index (χ4n) is 3.28. The van der Waals surface area contributed by atoms with Crippen LogP contribution in [-0.2, 0) is 0 Å². The molecular formula is C21H16ClNS4. The molecule has 0 N–H and O–H groups in total. The molecule has 136 valence electrons. The van der Waals surface area contributed by atoms with Gasteiger partial charge in [0.05, 0.1) is 15.2 Å².